The predicted molar refractivity (Wildman–Crippen MR) is 147 cm³/mol. The third-order valence-electron chi connectivity index (χ3n) is 6.99. The van der Waals surface area contributed by atoms with E-state index in [4.69, 9.17) is 9.47 Å². The number of carbonyl (C=O) groups is 3. The fourth-order valence-corrected chi connectivity index (χ4v) is 6.73. The first-order chi connectivity index (χ1) is 17.7. The minimum Gasteiger partial charge on any atom is -0.482 e. The second-order valence-electron chi connectivity index (χ2n) is 9.72. The second kappa shape index (κ2) is 10.6. The average Bonchev–Trinajstić information content (AvgIpc) is 2.84. The molecule has 0 fully saturated rings. The number of ether oxygens (including phenoxy) is 2. The van der Waals surface area contributed by atoms with Crippen LogP contribution < -0.4 is 10.1 Å². The first-order valence-corrected chi connectivity index (χ1v) is 14.0. The fourth-order valence-electron chi connectivity index (χ4n) is 5.35. The minimum atomic E-state index is -0.592. The van der Waals surface area contributed by atoms with E-state index in [2.05, 4.69) is 37.2 Å². The maximum atomic E-state index is 13.2. The van der Waals surface area contributed by atoms with Crippen LogP contribution in [0.1, 0.15) is 61.1 Å². The molecule has 0 spiro atoms. The normalized spacial score (nSPS) is 17.8. The average molecular weight is 629 g/mol. The molecule has 2 aromatic rings. The minimum absolute atomic E-state index is 0.00851. The topological polar surface area (TPSA) is 81.7 Å². The summed E-state index contributed by atoms with van der Waals surface area (Å²) in [4.78, 5) is 39.2. The summed E-state index contributed by atoms with van der Waals surface area (Å²) in [6.07, 6.45) is 3.60. The SMILES string of the molecule is Cc1ccc(NC(=O)COc2c(Br)cc(Br)cc2C2C3=C(CCCC3=O)OC3=C2C(=O)CCC3)c(C)c1. The summed E-state index contributed by atoms with van der Waals surface area (Å²) in [7, 11) is 0. The third-order valence-corrected chi connectivity index (χ3v) is 8.04. The number of halogens is 2. The quantitative estimate of drug-likeness (QED) is 0.387. The summed E-state index contributed by atoms with van der Waals surface area (Å²) in [5.74, 6) is 0.833. The van der Waals surface area contributed by atoms with E-state index in [1.807, 2.05) is 44.2 Å². The van der Waals surface area contributed by atoms with Crippen LogP contribution in [0.3, 0.4) is 0 Å². The van der Waals surface area contributed by atoms with Crippen molar-refractivity contribution >= 4 is 55.0 Å². The molecule has 1 amide bonds. The van der Waals surface area contributed by atoms with Crippen molar-refractivity contribution in [2.24, 2.45) is 0 Å². The van der Waals surface area contributed by atoms with Crippen LogP contribution in [0.2, 0.25) is 0 Å². The molecule has 5 rings (SSSR count). The first-order valence-electron chi connectivity index (χ1n) is 12.4. The maximum Gasteiger partial charge on any atom is 0.262 e. The number of hydrogen-bond donors (Lipinski definition) is 1. The summed E-state index contributed by atoms with van der Waals surface area (Å²) in [6.45, 7) is 3.71. The van der Waals surface area contributed by atoms with Gasteiger partial charge in [-0.05, 0) is 66.4 Å². The van der Waals surface area contributed by atoms with Crippen LogP contribution >= 0.6 is 31.9 Å². The molecule has 2 aliphatic carbocycles. The summed E-state index contributed by atoms with van der Waals surface area (Å²) >= 11 is 7.15. The van der Waals surface area contributed by atoms with E-state index in [1.54, 1.807) is 0 Å². The highest BCUT2D eigenvalue weighted by Crippen LogP contribution is 2.51. The molecule has 0 aromatic heterocycles. The van der Waals surface area contributed by atoms with Crippen molar-refractivity contribution in [2.75, 3.05) is 11.9 Å². The fraction of sp³-hybridized carbons (Fsp3) is 0.345. The first kappa shape index (κ1) is 25.9. The highest BCUT2D eigenvalue weighted by Gasteiger charge is 2.43. The van der Waals surface area contributed by atoms with Crippen LogP contribution in [0.4, 0.5) is 5.69 Å². The van der Waals surface area contributed by atoms with Gasteiger partial charge >= 0.3 is 0 Å². The summed E-state index contributed by atoms with van der Waals surface area (Å²) in [6, 6.07) is 9.52. The number of rotatable bonds is 5. The van der Waals surface area contributed by atoms with E-state index in [1.165, 1.54) is 0 Å². The molecular weight excluding hydrogens is 602 g/mol. The lowest BCUT2D eigenvalue weighted by Crippen LogP contribution is -2.31. The smallest absolute Gasteiger partial charge is 0.262 e. The van der Waals surface area contributed by atoms with Crippen LogP contribution in [-0.4, -0.2) is 24.1 Å². The Morgan fingerprint density at radius 3 is 2.24 bits per heavy atom. The molecule has 0 bridgehead atoms. The van der Waals surface area contributed by atoms with Gasteiger partial charge in [0.15, 0.2) is 18.2 Å². The molecule has 37 heavy (non-hydrogen) atoms. The van der Waals surface area contributed by atoms with Crippen LogP contribution in [0.15, 0.2) is 61.9 Å². The van der Waals surface area contributed by atoms with Crippen LogP contribution in [-0.2, 0) is 19.1 Å². The number of hydrogen-bond acceptors (Lipinski definition) is 5. The van der Waals surface area contributed by atoms with Gasteiger partial charge in [-0.1, -0.05) is 33.6 Å². The Kier molecular flexibility index (Phi) is 7.41. The van der Waals surface area contributed by atoms with E-state index in [0.717, 1.165) is 34.1 Å². The molecule has 1 aliphatic heterocycles. The van der Waals surface area contributed by atoms with Crippen molar-refractivity contribution in [1.82, 2.24) is 0 Å². The Labute approximate surface area is 232 Å². The molecule has 0 radical (unpaired) electrons. The van der Waals surface area contributed by atoms with Crippen LogP contribution in [0, 0.1) is 13.8 Å². The van der Waals surface area contributed by atoms with Crippen molar-refractivity contribution in [3.8, 4) is 5.75 Å². The van der Waals surface area contributed by atoms with Gasteiger partial charge in [-0.2, -0.15) is 0 Å². The summed E-state index contributed by atoms with van der Waals surface area (Å²) in [5, 5.41) is 2.91. The highest BCUT2D eigenvalue weighted by atomic mass is 79.9. The number of amides is 1. The van der Waals surface area contributed by atoms with Gasteiger partial charge in [0.2, 0.25) is 0 Å². The predicted octanol–water partition coefficient (Wildman–Crippen LogP) is 6.97. The Morgan fingerprint density at radius 2 is 1.62 bits per heavy atom. The number of anilines is 1. The summed E-state index contributed by atoms with van der Waals surface area (Å²) < 4.78 is 13.7. The molecule has 1 heterocycles. The van der Waals surface area contributed by atoms with Crippen LogP contribution in [0.5, 0.6) is 5.75 Å². The van der Waals surface area contributed by atoms with Gasteiger partial charge in [0.05, 0.1) is 10.4 Å². The van der Waals surface area contributed by atoms with Crippen molar-refractivity contribution in [3.63, 3.8) is 0 Å². The lowest BCUT2D eigenvalue weighted by Gasteiger charge is -2.36. The number of carbonyl (C=O) groups excluding carboxylic acids is 3. The number of aryl methyl sites for hydroxylation is 2. The molecule has 3 aliphatic rings. The zero-order valence-electron chi connectivity index (χ0n) is 20.7. The Bertz CT molecular complexity index is 1350. The Balaban J connectivity index is 1.52. The highest BCUT2D eigenvalue weighted by molar-refractivity contribution is 9.11. The van der Waals surface area contributed by atoms with Gasteiger partial charge in [0, 0.05) is 52.6 Å². The molecule has 2 aromatic carbocycles. The number of ketones is 2. The van der Waals surface area contributed by atoms with E-state index < -0.39 is 5.92 Å². The maximum absolute atomic E-state index is 13.2. The van der Waals surface area contributed by atoms with E-state index in [-0.39, 0.29) is 24.1 Å². The van der Waals surface area contributed by atoms with Gasteiger partial charge < -0.3 is 14.8 Å². The van der Waals surface area contributed by atoms with E-state index in [9.17, 15) is 14.4 Å². The van der Waals surface area contributed by atoms with Crippen molar-refractivity contribution in [1.29, 1.82) is 0 Å². The number of Topliss-reactive ketones (excluding diaryl/α,β-unsaturated/α-hetero) is 2. The zero-order chi connectivity index (χ0) is 26.3. The monoisotopic (exact) mass is 627 g/mol. The van der Waals surface area contributed by atoms with Gasteiger partial charge in [-0.25, -0.2) is 0 Å². The van der Waals surface area contributed by atoms with Gasteiger partial charge in [-0.15, -0.1) is 0 Å². The molecule has 0 atom stereocenters. The lowest BCUT2D eigenvalue weighted by atomic mass is 9.73. The molecule has 6 nitrogen and oxygen atoms in total. The molecule has 1 N–H and O–H groups in total. The molecule has 0 saturated heterocycles. The molecule has 0 unspecified atom stereocenters. The second-order valence-corrected chi connectivity index (χ2v) is 11.5. The zero-order valence-corrected chi connectivity index (χ0v) is 23.9. The van der Waals surface area contributed by atoms with Crippen molar-refractivity contribution in [2.45, 2.75) is 58.3 Å². The summed E-state index contributed by atoms with van der Waals surface area (Å²) in [5.41, 5.74) is 4.54. The number of nitrogens with one attached hydrogen (secondary N) is 1. The molecule has 8 heteroatoms. The van der Waals surface area contributed by atoms with Gasteiger partial charge in [-0.3, -0.25) is 14.4 Å². The molecule has 0 saturated carbocycles. The lowest BCUT2D eigenvalue weighted by molar-refractivity contribution is -0.119. The Morgan fingerprint density at radius 1 is 0.973 bits per heavy atom. The largest absolute Gasteiger partial charge is 0.482 e. The van der Waals surface area contributed by atoms with Crippen molar-refractivity contribution < 1.29 is 23.9 Å². The van der Waals surface area contributed by atoms with Crippen LogP contribution in [0.25, 0.3) is 0 Å². The Hall–Kier alpha value is -2.71. The van der Waals surface area contributed by atoms with Crippen molar-refractivity contribution in [3.05, 3.63) is 78.6 Å². The standard InChI is InChI=1S/C29H27Br2NO5/c1-15-9-10-20(16(2)11-15)32-25(35)14-36-29-18(12-17(30)13-19(29)31)26-27-21(33)5-3-7-23(27)37-24-8-4-6-22(34)28(24)26/h9-13,26H,3-8,14H2,1-2H3,(H,32,35). The van der Waals surface area contributed by atoms with Gasteiger partial charge in [0.25, 0.3) is 5.91 Å². The van der Waals surface area contributed by atoms with E-state index in [0.29, 0.717) is 64.1 Å². The molecule has 192 valence electrons. The molecular formula is C29H27Br2NO5. The number of allylic oxidation sites excluding steroid dienone is 4. The third kappa shape index (κ3) is 5.18. The number of benzene rings is 2. The van der Waals surface area contributed by atoms with E-state index >= 15 is 0 Å². The van der Waals surface area contributed by atoms with Gasteiger partial charge in [0.1, 0.15) is 17.3 Å².